The van der Waals surface area contributed by atoms with Crippen LogP contribution in [0.25, 0.3) is 0 Å². The maximum absolute atomic E-state index is 12.4. The molecule has 2 fully saturated rings. The highest BCUT2D eigenvalue weighted by Gasteiger charge is 2.25. The Labute approximate surface area is 168 Å². The number of rotatable bonds is 6. The maximum Gasteiger partial charge on any atom is 0.226 e. The number of piperidine rings is 1. The van der Waals surface area contributed by atoms with Gasteiger partial charge in [0.25, 0.3) is 0 Å². The molecule has 0 aliphatic carbocycles. The molecule has 1 unspecified atom stereocenters. The predicted molar refractivity (Wildman–Crippen MR) is 113 cm³/mol. The Morgan fingerprint density at radius 2 is 1.96 bits per heavy atom. The molecular formula is C24H30N2O2. The highest BCUT2D eigenvalue weighted by molar-refractivity contribution is 5.94. The lowest BCUT2D eigenvalue weighted by Gasteiger charge is -2.29. The Balaban J connectivity index is 1.38. The molecule has 0 spiro atoms. The highest BCUT2D eigenvalue weighted by Crippen LogP contribution is 2.30. The lowest BCUT2D eigenvalue weighted by molar-refractivity contribution is -0.119. The topological polar surface area (TPSA) is 32.8 Å². The van der Waals surface area contributed by atoms with E-state index in [1.807, 2.05) is 11.0 Å². The van der Waals surface area contributed by atoms with Crippen molar-refractivity contribution >= 4 is 11.6 Å². The number of amides is 1. The Hall–Kier alpha value is -2.33. The number of carbonyl (C=O) groups is 1. The van der Waals surface area contributed by atoms with Crippen molar-refractivity contribution in [2.75, 3.05) is 38.2 Å². The lowest BCUT2D eigenvalue weighted by atomic mass is 9.98. The fraction of sp³-hybridized carbons (Fsp3) is 0.458. The van der Waals surface area contributed by atoms with Crippen molar-refractivity contribution < 1.29 is 9.53 Å². The van der Waals surface area contributed by atoms with E-state index in [0.29, 0.717) is 12.3 Å². The number of para-hydroxylation sites is 1. The summed E-state index contributed by atoms with van der Waals surface area (Å²) in [6.45, 7) is 4.13. The Bertz CT molecular complexity index is 820. The SMILES string of the molecule is COc1cccc(C2CCN(CCc3ccccc3N3CCCCC3=O)C2)c1. The van der Waals surface area contributed by atoms with Gasteiger partial charge in [-0.1, -0.05) is 30.3 Å². The van der Waals surface area contributed by atoms with Crippen LogP contribution in [0.3, 0.4) is 0 Å². The minimum absolute atomic E-state index is 0.276. The van der Waals surface area contributed by atoms with Crippen molar-refractivity contribution in [3.05, 3.63) is 59.7 Å². The summed E-state index contributed by atoms with van der Waals surface area (Å²) in [7, 11) is 1.73. The predicted octanol–water partition coefficient (Wildman–Crippen LogP) is 4.24. The number of hydrogen-bond acceptors (Lipinski definition) is 3. The first kappa shape index (κ1) is 19.0. The molecular weight excluding hydrogens is 348 g/mol. The van der Waals surface area contributed by atoms with E-state index in [1.54, 1.807) is 7.11 Å². The van der Waals surface area contributed by atoms with Crippen LogP contribution < -0.4 is 9.64 Å². The zero-order valence-corrected chi connectivity index (χ0v) is 16.8. The number of methoxy groups -OCH3 is 1. The molecule has 1 atom stereocenters. The lowest BCUT2D eigenvalue weighted by Crippen LogP contribution is -2.36. The summed E-state index contributed by atoms with van der Waals surface area (Å²) in [5.74, 6) is 1.79. The highest BCUT2D eigenvalue weighted by atomic mass is 16.5. The molecule has 4 nitrogen and oxygen atoms in total. The summed E-state index contributed by atoms with van der Waals surface area (Å²) < 4.78 is 5.38. The summed E-state index contributed by atoms with van der Waals surface area (Å²) in [6.07, 6.45) is 5.00. The van der Waals surface area contributed by atoms with Gasteiger partial charge in [0.1, 0.15) is 5.75 Å². The van der Waals surface area contributed by atoms with E-state index in [0.717, 1.165) is 56.9 Å². The van der Waals surface area contributed by atoms with Crippen LogP contribution in [0.1, 0.15) is 42.7 Å². The first-order valence-electron chi connectivity index (χ1n) is 10.5. The molecule has 2 heterocycles. The molecule has 4 rings (SSSR count). The molecule has 2 aliphatic rings. The van der Waals surface area contributed by atoms with Crippen LogP contribution in [0, 0.1) is 0 Å². The molecule has 0 bridgehead atoms. The van der Waals surface area contributed by atoms with E-state index in [-0.39, 0.29) is 5.91 Å². The second kappa shape index (κ2) is 8.78. The average Bonchev–Trinajstić information content (AvgIpc) is 3.22. The van der Waals surface area contributed by atoms with Gasteiger partial charge in [0.05, 0.1) is 7.11 Å². The van der Waals surface area contributed by atoms with Crippen LogP contribution >= 0.6 is 0 Å². The van der Waals surface area contributed by atoms with Gasteiger partial charge in [-0.25, -0.2) is 0 Å². The van der Waals surface area contributed by atoms with Gasteiger partial charge < -0.3 is 14.5 Å². The van der Waals surface area contributed by atoms with Crippen LogP contribution in [0.4, 0.5) is 5.69 Å². The summed E-state index contributed by atoms with van der Waals surface area (Å²) >= 11 is 0. The van der Waals surface area contributed by atoms with Crippen molar-refractivity contribution in [3.63, 3.8) is 0 Å². The van der Waals surface area contributed by atoms with E-state index in [9.17, 15) is 4.79 Å². The van der Waals surface area contributed by atoms with E-state index in [1.165, 1.54) is 17.5 Å². The Morgan fingerprint density at radius 1 is 1.07 bits per heavy atom. The van der Waals surface area contributed by atoms with Crippen molar-refractivity contribution in [2.45, 2.75) is 38.0 Å². The van der Waals surface area contributed by atoms with Crippen LogP contribution in [0.5, 0.6) is 5.75 Å². The minimum atomic E-state index is 0.276. The van der Waals surface area contributed by atoms with Gasteiger partial charge in [0.15, 0.2) is 0 Å². The zero-order valence-electron chi connectivity index (χ0n) is 16.8. The number of benzene rings is 2. The number of nitrogens with zero attached hydrogens (tertiary/aromatic N) is 2. The molecule has 0 N–H and O–H groups in total. The van der Waals surface area contributed by atoms with Crippen LogP contribution in [0.15, 0.2) is 48.5 Å². The molecule has 0 saturated carbocycles. The molecule has 0 radical (unpaired) electrons. The quantitative estimate of drug-likeness (QED) is 0.754. The normalized spacial score (nSPS) is 20.5. The third kappa shape index (κ3) is 4.22. The van der Waals surface area contributed by atoms with Crippen molar-refractivity contribution in [3.8, 4) is 5.75 Å². The number of hydrogen-bond donors (Lipinski definition) is 0. The van der Waals surface area contributed by atoms with Gasteiger partial charge >= 0.3 is 0 Å². The Kier molecular flexibility index (Phi) is 5.96. The number of carbonyl (C=O) groups excluding carboxylic acids is 1. The minimum Gasteiger partial charge on any atom is -0.497 e. The molecule has 1 amide bonds. The van der Waals surface area contributed by atoms with E-state index < -0.39 is 0 Å². The van der Waals surface area contributed by atoms with Gasteiger partial charge in [-0.3, -0.25) is 4.79 Å². The van der Waals surface area contributed by atoms with Crippen molar-refractivity contribution in [1.29, 1.82) is 0 Å². The van der Waals surface area contributed by atoms with Gasteiger partial charge in [0, 0.05) is 31.7 Å². The van der Waals surface area contributed by atoms with Gasteiger partial charge in [-0.15, -0.1) is 0 Å². The van der Waals surface area contributed by atoms with E-state index in [4.69, 9.17) is 4.74 Å². The monoisotopic (exact) mass is 378 g/mol. The molecule has 2 saturated heterocycles. The van der Waals surface area contributed by atoms with Crippen LogP contribution in [-0.2, 0) is 11.2 Å². The summed E-state index contributed by atoms with van der Waals surface area (Å²) in [6, 6.07) is 16.9. The number of likely N-dealkylation sites (tertiary alicyclic amines) is 1. The molecule has 2 aliphatic heterocycles. The van der Waals surface area contributed by atoms with Gasteiger partial charge in [0.2, 0.25) is 5.91 Å². The molecule has 2 aromatic rings. The van der Waals surface area contributed by atoms with E-state index >= 15 is 0 Å². The maximum atomic E-state index is 12.4. The summed E-state index contributed by atoms with van der Waals surface area (Å²) in [5, 5.41) is 0. The van der Waals surface area contributed by atoms with Gasteiger partial charge in [-0.05, 0) is 67.5 Å². The molecule has 0 aromatic heterocycles. The first-order chi connectivity index (χ1) is 13.7. The average molecular weight is 379 g/mol. The fourth-order valence-electron chi connectivity index (χ4n) is 4.53. The summed E-state index contributed by atoms with van der Waals surface area (Å²) in [5.41, 5.74) is 3.79. The van der Waals surface area contributed by atoms with Crippen LogP contribution in [0.2, 0.25) is 0 Å². The molecule has 2 aromatic carbocycles. The summed E-state index contributed by atoms with van der Waals surface area (Å²) in [4.78, 5) is 16.9. The zero-order chi connectivity index (χ0) is 19.3. The molecule has 4 heteroatoms. The van der Waals surface area contributed by atoms with E-state index in [2.05, 4.69) is 47.4 Å². The Morgan fingerprint density at radius 3 is 2.82 bits per heavy atom. The number of anilines is 1. The standard InChI is InChI=1S/C24H30N2O2/c1-28-22-9-6-8-20(17-22)21-13-16-25(18-21)15-12-19-7-2-3-10-23(19)26-14-5-4-11-24(26)27/h2-3,6-10,17,21H,4-5,11-16,18H2,1H3. The largest absolute Gasteiger partial charge is 0.497 e. The third-order valence-corrected chi connectivity index (χ3v) is 6.14. The second-order valence-corrected chi connectivity index (χ2v) is 7.94. The fourth-order valence-corrected chi connectivity index (χ4v) is 4.53. The van der Waals surface area contributed by atoms with Gasteiger partial charge in [-0.2, -0.15) is 0 Å². The van der Waals surface area contributed by atoms with Crippen molar-refractivity contribution in [2.24, 2.45) is 0 Å². The number of ether oxygens (including phenoxy) is 1. The van der Waals surface area contributed by atoms with Crippen LogP contribution in [-0.4, -0.2) is 44.1 Å². The molecule has 28 heavy (non-hydrogen) atoms. The van der Waals surface area contributed by atoms with Crippen molar-refractivity contribution in [1.82, 2.24) is 4.90 Å². The smallest absolute Gasteiger partial charge is 0.226 e. The molecule has 148 valence electrons. The third-order valence-electron chi connectivity index (χ3n) is 6.14. The first-order valence-corrected chi connectivity index (χ1v) is 10.5. The second-order valence-electron chi connectivity index (χ2n) is 7.94.